The molecule has 1 aromatic carbocycles. The summed E-state index contributed by atoms with van der Waals surface area (Å²) >= 11 is 0. The van der Waals surface area contributed by atoms with E-state index < -0.39 is 22.7 Å². The average molecular weight is 397 g/mol. The van der Waals surface area contributed by atoms with Crippen molar-refractivity contribution >= 4 is 22.6 Å². The first-order valence-electron chi connectivity index (χ1n) is 8.04. The molecule has 2 aromatic heterocycles. The monoisotopic (exact) mass is 397 g/mol. The van der Waals surface area contributed by atoms with Crippen molar-refractivity contribution in [3.8, 4) is 23.0 Å². The summed E-state index contributed by atoms with van der Waals surface area (Å²) in [6, 6.07) is 11.8. The van der Waals surface area contributed by atoms with Crippen LogP contribution in [0.4, 0.5) is 5.69 Å². The predicted octanol–water partition coefficient (Wildman–Crippen LogP) is 1.57. The number of rotatable bonds is 6. The molecule has 0 radical (unpaired) electrons. The summed E-state index contributed by atoms with van der Waals surface area (Å²) in [5.41, 5.74) is 2.36. The Kier molecular flexibility index (Phi) is 5.37. The van der Waals surface area contributed by atoms with E-state index in [4.69, 9.17) is 10.4 Å². The number of anilines is 1. The number of hydrogen-bond acceptors (Lipinski definition) is 5. The van der Waals surface area contributed by atoms with Gasteiger partial charge in [-0.2, -0.15) is 5.26 Å². The van der Waals surface area contributed by atoms with Gasteiger partial charge in [0.2, 0.25) is 0 Å². The maximum Gasteiger partial charge on any atom is 0.318 e. The number of nitriles is 1. The summed E-state index contributed by atoms with van der Waals surface area (Å²) in [7, 11) is -1.77. The zero-order valence-electron chi connectivity index (χ0n) is 14.7. The molecule has 3 N–H and O–H groups in total. The van der Waals surface area contributed by atoms with Crippen LogP contribution in [0.3, 0.4) is 0 Å². The third kappa shape index (κ3) is 3.99. The molecule has 1 atom stereocenters. The highest BCUT2D eigenvalue weighted by Gasteiger charge is 2.15. The van der Waals surface area contributed by atoms with Crippen LogP contribution in [0.25, 0.3) is 16.9 Å². The Morgan fingerprint density at radius 1 is 1.32 bits per heavy atom. The second-order valence-electron chi connectivity index (χ2n) is 5.83. The minimum atomic E-state index is -1.77. The van der Waals surface area contributed by atoms with Gasteiger partial charge in [0.1, 0.15) is 16.7 Å². The summed E-state index contributed by atoms with van der Waals surface area (Å²) < 4.78 is 15.4. The van der Waals surface area contributed by atoms with Gasteiger partial charge in [0.15, 0.2) is 5.82 Å². The molecule has 1 unspecified atom stereocenters. The number of aromatic amines is 1. The topological polar surface area (TPSA) is 141 Å². The average Bonchev–Trinajstić information content (AvgIpc) is 2.96. The summed E-state index contributed by atoms with van der Waals surface area (Å²) in [4.78, 5) is 27.5. The summed E-state index contributed by atoms with van der Waals surface area (Å²) in [6.45, 7) is 1.76. The zero-order valence-corrected chi connectivity index (χ0v) is 15.5. The Morgan fingerprint density at radius 2 is 2.04 bits per heavy atom. The van der Waals surface area contributed by atoms with Gasteiger partial charge in [-0.3, -0.25) is 14.7 Å². The molecule has 0 aliphatic rings. The van der Waals surface area contributed by atoms with E-state index in [1.807, 2.05) is 6.07 Å². The van der Waals surface area contributed by atoms with E-state index in [9.17, 15) is 13.8 Å². The highest BCUT2D eigenvalue weighted by Crippen LogP contribution is 2.20. The first-order chi connectivity index (χ1) is 13.4. The van der Waals surface area contributed by atoms with Crippen LogP contribution in [0.1, 0.15) is 11.3 Å². The molecule has 0 bridgehead atoms. The van der Waals surface area contributed by atoms with E-state index in [-0.39, 0.29) is 5.56 Å². The number of nitrogens with zero attached hydrogens (tertiary/aromatic N) is 3. The zero-order chi connectivity index (χ0) is 20.3. The van der Waals surface area contributed by atoms with Crippen LogP contribution in [0.15, 0.2) is 47.4 Å². The fourth-order valence-electron chi connectivity index (χ4n) is 2.62. The van der Waals surface area contributed by atoms with Crippen molar-refractivity contribution in [3.05, 3.63) is 64.2 Å². The van der Waals surface area contributed by atoms with E-state index in [2.05, 4.69) is 14.8 Å². The molecule has 28 heavy (non-hydrogen) atoms. The molecule has 10 heteroatoms. The van der Waals surface area contributed by atoms with Crippen molar-refractivity contribution < 1.29 is 14.1 Å². The fourth-order valence-corrected chi connectivity index (χ4v) is 3.30. The molecule has 0 saturated carbocycles. The van der Waals surface area contributed by atoms with E-state index in [0.717, 1.165) is 0 Å². The number of nitrogens with one attached hydrogen (secondary N) is 2. The van der Waals surface area contributed by atoms with Gasteiger partial charge >= 0.3 is 5.97 Å². The summed E-state index contributed by atoms with van der Waals surface area (Å²) in [5.74, 6) is -1.40. The SMILES string of the molecule is Cc1[nH]n(-c2ccc(NS(=O)CC(=O)O)cn2)c(=O)c1-c1ccc(C#N)cc1. The largest absolute Gasteiger partial charge is 0.481 e. The number of aromatic nitrogens is 3. The molecule has 3 rings (SSSR count). The smallest absolute Gasteiger partial charge is 0.318 e. The lowest BCUT2D eigenvalue weighted by atomic mass is 10.1. The van der Waals surface area contributed by atoms with E-state index in [1.54, 1.807) is 43.3 Å². The number of aryl methyl sites for hydroxylation is 1. The lowest BCUT2D eigenvalue weighted by molar-refractivity contribution is -0.133. The molecule has 0 spiro atoms. The van der Waals surface area contributed by atoms with Crippen LogP contribution in [0, 0.1) is 18.3 Å². The second-order valence-corrected chi connectivity index (χ2v) is 7.02. The maximum atomic E-state index is 12.8. The second kappa shape index (κ2) is 7.89. The lowest BCUT2D eigenvalue weighted by Crippen LogP contribution is -2.18. The first-order valence-corrected chi connectivity index (χ1v) is 9.36. The number of aliphatic carboxylic acids is 1. The molecule has 0 aliphatic heterocycles. The van der Waals surface area contributed by atoms with Crippen LogP contribution in [-0.4, -0.2) is 35.8 Å². The lowest BCUT2D eigenvalue weighted by Gasteiger charge is -2.05. The van der Waals surface area contributed by atoms with E-state index >= 15 is 0 Å². The van der Waals surface area contributed by atoms with Gasteiger partial charge in [0.05, 0.1) is 29.1 Å². The molecule has 0 saturated heterocycles. The minimum absolute atomic E-state index is 0.301. The molecule has 3 aromatic rings. The van der Waals surface area contributed by atoms with Crippen molar-refractivity contribution in [3.63, 3.8) is 0 Å². The molecule has 2 heterocycles. The third-order valence-electron chi connectivity index (χ3n) is 3.84. The molecule has 142 valence electrons. The van der Waals surface area contributed by atoms with Gasteiger partial charge in [-0.05, 0) is 36.8 Å². The van der Waals surface area contributed by atoms with Crippen LogP contribution in [0.2, 0.25) is 0 Å². The Hall–Kier alpha value is -3.71. The highest BCUT2D eigenvalue weighted by atomic mass is 32.2. The van der Waals surface area contributed by atoms with Gasteiger partial charge in [-0.1, -0.05) is 12.1 Å². The highest BCUT2D eigenvalue weighted by molar-refractivity contribution is 7.87. The van der Waals surface area contributed by atoms with Gasteiger partial charge < -0.3 is 9.83 Å². The van der Waals surface area contributed by atoms with Crippen molar-refractivity contribution in [2.45, 2.75) is 6.92 Å². The number of carboxylic acids is 1. The van der Waals surface area contributed by atoms with Crippen molar-refractivity contribution in [1.29, 1.82) is 5.26 Å². The quantitative estimate of drug-likeness (QED) is 0.576. The predicted molar refractivity (Wildman–Crippen MR) is 103 cm³/mol. The molecule has 9 nitrogen and oxygen atoms in total. The van der Waals surface area contributed by atoms with Gasteiger partial charge in [-0.25, -0.2) is 13.9 Å². The molecule has 0 aliphatic carbocycles. The Balaban J connectivity index is 1.88. The molecule has 0 amide bonds. The number of carboxylic acid groups (broad SMARTS) is 1. The Bertz CT molecular complexity index is 1140. The molecule has 0 fully saturated rings. The van der Waals surface area contributed by atoms with Crippen molar-refractivity contribution in [2.75, 3.05) is 10.5 Å². The van der Waals surface area contributed by atoms with Crippen molar-refractivity contribution in [1.82, 2.24) is 14.8 Å². The number of pyridine rings is 1. The number of carbonyl (C=O) groups is 1. The fraction of sp³-hybridized carbons (Fsp3) is 0.111. The summed E-state index contributed by atoms with van der Waals surface area (Å²) in [6.07, 6.45) is 1.36. The number of hydrogen-bond donors (Lipinski definition) is 3. The summed E-state index contributed by atoms with van der Waals surface area (Å²) in [5, 5.41) is 20.5. The van der Waals surface area contributed by atoms with Crippen LogP contribution >= 0.6 is 0 Å². The standard InChI is InChI=1S/C18H15N5O4S/c1-11-17(13-4-2-12(8-19)3-5-13)18(26)23(21-11)15-7-6-14(9-20-15)22-28(27)10-16(24)25/h2-7,9,21-22H,10H2,1H3,(H,24,25). The van der Waals surface area contributed by atoms with Crippen molar-refractivity contribution in [2.24, 2.45) is 0 Å². The number of benzene rings is 1. The van der Waals surface area contributed by atoms with Gasteiger partial charge in [-0.15, -0.1) is 0 Å². The molecular weight excluding hydrogens is 382 g/mol. The third-order valence-corrected chi connectivity index (χ3v) is 4.81. The first kappa shape index (κ1) is 19.1. The Labute approximate surface area is 161 Å². The van der Waals surface area contributed by atoms with Gasteiger partial charge in [0, 0.05) is 5.69 Å². The molecular formula is C18H15N5O4S. The van der Waals surface area contributed by atoms with Crippen LogP contribution in [-0.2, 0) is 15.8 Å². The van der Waals surface area contributed by atoms with E-state index in [1.165, 1.54) is 10.9 Å². The van der Waals surface area contributed by atoms with Crippen LogP contribution in [0.5, 0.6) is 0 Å². The minimum Gasteiger partial charge on any atom is -0.481 e. The van der Waals surface area contributed by atoms with Crippen LogP contribution < -0.4 is 10.3 Å². The maximum absolute atomic E-state index is 12.8. The number of H-pyrrole nitrogens is 1. The Morgan fingerprint density at radius 3 is 2.61 bits per heavy atom. The van der Waals surface area contributed by atoms with E-state index in [0.29, 0.717) is 33.9 Å². The van der Waals surface area contributed by atoms with Gasteiger partial charge in [0.25, 0.3) is 5.56 Å². The normalized spacial score (nSPS) is 11.6.